The molecular formula is C15H28N2O2. The van der Waals surface area contributed by atoms with Gasteiger partial charge in [-0.25, -0.2) is 0 Å². The standard InChI is InChI=1S/C15H28N2O2/c1-10(2)13-15(18)17(14(16-13)11(3)4)8-7-12-6-5-9-19-12/h10-14,16H,5-9H2,1-4H3. The molecule has 4 heteroatoms. The first-order valence-electron chi connectivity index (χ1n) is 7.69. The molecular weight excluding hydrogens is 240 g/mol. The Morgan fingerprint density at radius 2 is 2.05 bits per heavy atom. The maximum Gasteiger partial charge on any atom is 0.241 e. The van der Waals surface area contributed by atoms with Gasteiger partial charge in [0.25, 0.3) is 0 Å². The molecule has 2 rings (SSSR count). The summed E-state index contributed by atoms with van der Waals surface area (Å²) in [6.45, 7) is 10.3. The van der Waals surface area contributed by atoms with E-state index in [4.69, 9.17) is 4.74 Å². The number of amides is 1. The first-order valence-corrected chi connectivity index (χ1v) is 7.69. The molecule has 3 unspecified atom stereocenters. The number of hydrogen-bond acceptors (Lipinski definition) is 3. The Bertz CT molecular complexity index is 311. The number of hydrogen-bond donors (Lipinski definition) is 1. The van der Waals surface area contributed by atoms with Crippen molar-refractivity contribution < 1.29 is 9.53 Å². The van der Waals surface area contributed by atoms with Gasteiger partial charge in [0.05, 0.1) is 18.3 Å². The number of carbonyl (C=O) groups is 1. The quantitative estimate of drug-likeness (QED) is 0.829. The van der Waals surface area contributed by atoms with Crippen molar-refractivity contribution in [3.63, 3.8) is 0 Å². The molecule has 2 aliphatic rings. The molecule has 0 aliphatic carbocycles. The highest BCUT2D eigenvalue weighted by molar-refractivity contribution is 5.84. The van der Waals surface area contributed by atoms with Gasteiger partial charge < -0.3 is 9.64 Å². The Labute approximate surface area is 116 Å². The highest BCUT2D eigenvalue weighted by Gasteiger charge is 2.41. The minimum absolute atomic E-state index is 0.0168. The molecule has 0 bridgehead atoms. The van der Waals surface area contributed by atoms with Crippen LogP contribution in [0.15, 0.2) is 0 Å². The summed E-state index contributed by atoms with van der Waals surface area (Å²) in [7, 11) is 0. The molecule has 0 aromatic carbocycles. The van der Waals surface area contributed by atoms with Crippen molar-refractivity contribution in [3.8, 4) is 0 Å². The van der Waals surface area contributed by atoms with E-state index in [9.17, 15) is 4.79 Å². The van der Waals surface area contributed by atoms with E-state index in [0.717, 1.165) is 26.0 Å². The summed E-state index contributed by atoms with van der Waals surface area (Å²) in [5.74, 6) is 1.06. The first-order chi connectivity index (χ1) is 9.00. The maximum atomic E-state index is 12.5. The van der Waals surface area contributed by atoms with E-state index in [1.54, 1.807) is 0 Å². The molecule has 1 amide bonds. The molecule has 110 valence electrons. The predicted octanol–water partition coefficient (Wildman–Crippen LogP) is 1.99. The lowest BCUT2D eigenvalue weighted by molar-refractivity contribution is -0.131. The third-order valence-corrected chi connectivity index (χ3v) is 4.25. The summed E-state index contributed by atoms with van der Waals surface area (Å²) in [6.07, 6.45) is 3.83. The molecule has 0 aromatic heterocycles. The Kier molecular flexibility index (Phi) is 4.85. The number of ether oxygens (including phenoxy) is 1. The smallest absolute Gasteiger partial charge is 0.241 e. The molecule has 2 aliphatic heterocycles. The van der Waals surface area contributed by atoms with Crippen LogP contribution in [0.2, 0.25) is 0 Å². The fourth-order valence-electron chi connectivity index (χ4n) is 3.10. The first kappa shape index (κ1) is 14.8. The monoisotopic (exact) mass is 268 g/mol. The zero-order valence-corrected chi connectivity index (χ0v) is 12.7. The van der Waals surface area contributed by atoms with Crippen LogP contribution in [0.3, 0.4) is 0 Å². The van der Waals surface area contributed by atoms with E-state index in [0.29, 0.717) is 17.9 Å². The molecule has 19 heavy (non-hydrogen) atoms. The zero-order valence-electron chi connectivity index (χ0n) is 12.7. The average Bonchev–Trinajstić information content (AvgIpc) is 2.94. The van der Waals surface area contributed by atoms with Crippen LogP contribution in [-0.4, -0.2) is 42.3 Å². The molecule has 2 fully saturated rings. The van der Waals surface area contributed by atoms with Crippen molar-refractivity contribution in [2.75, 3.05) is 13.2 Å². The van der Waals surface area contributed by atoms with Gasteiger partial charge in [-0.1, -0.05) is 27.7 Å². The molecule has 1 N–H and O–H groups in total. The van der Waals surface area contributed by atoms with Gasteiger partial charge in [0.1, 0.15) is 0 Å². The van der Waals surface area contributed by atoms with Crippen LogP contribution in [0.4, 0.5) is 0 Å². The third-order valence-electron chi connectivity index (χ3n) is 4.25. The average molecular weight is 268 g/mol. The molecule has 4 nitrogen and oxygen atoms in total. The summed E-state index contributed by atoms with van der Waals surface area (Å²) in [4.78, 5) is 14.5. The number of carbonyl (C=O) groups excluding carboxylic acids is 1. The van der Waals surface area contributed by atoms with Crippen molar-refractivity contribution in [2.24, 2.45) is 11.8 Å². The summed E-state index contributed by atoms with van der Waals surface area (Å²) in [5, 5.41) is 3.50. The fourth-order valence-corrected chi connectivity index (χ4v) is 3.10. The van der Waals surface area contributed by atoms with Crippen LogP contribution in [-0.2, 0) is 9.53 Å². The van der Waals surface area contributed by atoms with E-state index in [-0.39, 0.29) is 18.1 Å². The summed E-state index contributed by atoms with van der Waals surface area (Å²) in [5.41, 5.74) is 0. The second-order valence-electron chi connectivity index (χ2n) is 6.53. The fraction of sp³-hybridized carbons (Fsp3) is 0.933. The summed E-state index contributed by atoms with van der Waals surface area (Å²) in [6, 6.07) is -0.0168. The van der Waals surface area contributed by atoms with Crippen molar-refractivity contribution in [2.45, 2.75) is 65.3 Å². The normalized spacial score (nSPS) is 32.0. The molecule has 0 radical (unpaired) electrons. The topological polar surface area (TPSA) is 41.6 Å². The minimum atomic E-state index is -0.0168. The largest absolute Gasteiger partial charge is 0.378 e. The number of nitrogens with zero attached hydrogens (tertiary/aromatic N) is 1. The molecule has 0 aromatic rings. The summed E-state index contributed by atoms with van der Waals surface area (Å²) >= 11 is 0. The molecule has 2 saturated heterocycles. The highest BCUT2D eigenvalue weighted by Crippen LogP contribution is 2.23. The van der Waals surface area contributed by atoms with E-state index in [1.807, 2.05) is 4.90 Å². The maximum absolute atomic E-state index is 12.5. The van der Waals surface area contributed by atoms with Gasteiger partial charge >= 0.3 is 0 Å². The molecule has 2 heterocycles. The predicted molar refractivity (Wildman–Crippen MR) is 75.7 cm³/mol. The SMILES string of the molecule is CC(C)C1NC(C(C)C)N(CCC2CCCO2)C1=O. The Morgan fingerprint density at radius 3 is 2.58 bits per heavy atom. The van der Waals surface area contributed by atoms with E-state index in [2.05, 4.69) is 33.0 Å². The zero-order chi connectivity index (χ0) is 14.0. The number of nitrogens with one attached hydrogen (secondary N) is 1. The van der Waals surface area contributed by atoms with E-state index in [1.165, 1.54) is 6.42 Å². The Balaban J connectivity index is 1.96. The highest BCUT2D eigenvalue weighted by atomic mass is 16.5. The lowest BCUT2D eigenvalue weighted by Crippen LogP contribution is -2.42. The lowest BCUT2D eigenvalue weighted by atomic mass is 10.0. The van der Waals surface area contributed by atoms with Crippen molar-refractivity contribution in [1.82, 2.24) is 10.2 Å². The number of rotatable bonds is 5. The van der Waals surface area contributed by atoms with Gasteiger partial charge in [0, 0.05) is 13.2 Å². The van der Waals surface area contributed by atoms with Gasteiger partial charge in [-0.15, -0.1) is 0 Å². The minimum Gasteiger partial charge on any atom is -0.378 e. The summed E-state index contributed by atoms with van der Waals surface area (Å²) < 4.78 is 5.66. The van der Waals surface area contributed by atoms with Gasteiger partial charge in [-0.3, -0.25) is 10.1 Å². The van der Waals surface area contributed by atoms with Gasteiger partial charge in [0.2, 0.25) is 5.91 Å². The van der Waals surface area contributed by atoms with Gasteiger partial charge in [-0.05, 0) is 31.1 Å². The second kappa shape index (κ2) is 6.23. The van der Waals surface area contributed by atoms with Crippen LogP contribution >= 0.6 is 0 Å². The second-order valence-corrected chi connectivity index (χ2v) is 6.53. The van der Waals surface area contributed by atoms with Crippen molar-refractivity contribution >= 4 is 5.91 Å². The van der Waals surface area contributed by atoms with Crippen LogP contribution in [0.1, 0.15) is 47.0 Å². The van der Waals surface area contributed by atoms with Crippen molar-refractivity contribution in [3.05, 3.63) is 0 Å². The Hall–Kier alpha value is -0.610. The molecule has 0 spiro atoms. The third kappa shape index (κ3) is 3.29. The van der Waals surface area contributed by atoms with Crippen LogP contribution in [0, 0.1) is 11.8 Å². The van der Waals surface area contributed by atoms with Gasteiger partial charge in [-0.2, -0.15) is 0 Å². The Morgan fingerprint density at radius 1 is 1.32 bits per heavy atom. The van der Waals surface area contributed by atoms with Gasteiger partial charge in [0.15, 0.2) is 0 Å². The van der Waals surface area contributed by atoms with Crippen LogP contribution < -0.4 is 5.32 Å². The van der Waals surface area contributed by atoms with Crippen molar-refractivity contribution in [1.29, 1.82) is 0 Å². The van der Waals surface area contributed by atoms with E-state index >= 15 is 0 Å². The lowest BCUT2D eigenvalue weighted by Gasteiger charge is -2.28. The van der Waals surface area contributed by atoms with E-state index < -0.39 is 0 Å². The molecule has 0 saturated carbocycles. The van der Waals surface area contributed by atoms with Crippen LogP contribution in [0.5, 0.6) is 0 Å². The van der Waals surface area contributed by atoms with Crippen LogP contribution in [0.25, 0.3) is 0 Å². The molecule has 3 atom stereocenters.